The zero-order chi connectivity index (χ0) is 13.3. The van der Waals surface area contributed by atoms with Gasteiger partial charge in [-0.2, -0.15) is 0 Å². The predicted molar refractivity (Wildman–Crippen MR) is 81.9 cm³/mol. The van der Waals surface area contributed by atoms with Crippen LogP contribution in [0.4, 0.5) is 0 Å². The SMILES string of the molecule is S=c1[nH]cc(-c2ccccc2)n1C1C2C3CCC(C3)C21. The molecule has 2 bridgehead atoms. The lowest BCUT2D eigenvalue weighted by molar-refractivity contribution is 0.453. The lowest BCUT2D eigenvalue weighted by Gasteiger charge is -2.13. The quantitative estimate of drug-likeness (QED) is 0.808. The predicted octanol–water partition coefficient (Wildman–Crippen LogP) is 4.43. The van der Waals surface area contributed by atoms with Gasteiger partial charge >= 0.3 is 0 Å². The average molecular weight is 282 g/mol. The van der Waals surface area contributed by atoms with E-state index in [1.807, 2.05) is 0 Å². The van der Waals surface area contributed by atoms with E-state index >= 15 is 0 Å². The molecule has 3 aliphatic rings. The molecule has 0 spiro atoms. The molecule has 0 amide bonds. The Labute approximate surface area is 123 Å². The normalized spacial score (nSPS) is 37.1. The summed E-state index contributed by atoms with van der Waals surface area (Å²) in [6, 6.07) is 11.3. The largest absolute Gasteiger partial charge is 0.337 e. The van der Waals surface area contributed by atoms with E-state index in [0.29, 0.717) is 6.04 Å². The molecule has 0 radical (unpaired) electrons. The molecule has 2 aromatic rings. The summed E-state index contributed by atoms with van der Waals surface area (Å²) in [5.41, 5.74) is 2.55. The van der Waals surface area contributed by atoms with E-state index in [-0.39, 0.29) is 0 Å². The Bertz CT molecular complexity index is 698. The van der Waals surface area contributed by atoms with E-state index in [2.05, 4.69) is 46.1 Å². The number of nitrogens with one attached hydrogen (secondary N) is 1. The minimum atomic E-state index is 0.676. The van der Waals surface area contributed by atoms with Crippen molar-refractivity contribution >= 4 is 12.2 Å². The van der Waals surface area contributed by atoms with E-state index in [4.69, 9.17) is 12.2 Å². The molecule has 1 aromatic heterocycles. The third-order valence-corrected chi connectivity index (χ3v) is 6.19. The molecule has 1 heterocycles. The highest BCUT2D eigenvalue weighted by molar-refractivity contribution is 7.71. The van der Waals surface area contributed by atoms with Crippen molar-refractivity contribution in [1.82, 2.24) is 9.55 Å². The zero-order valence-electron chi connectivity index (χ0n) is 11.3. The standard InChI is InChI=1S/C17H18N2S/c20-17-18-9-13(10-4-2-1-3-5-10)19(17)16-14-11-6-7-12(8-11)15(14)16/h1-5,9,11-12,14-16H,6-8H2,(H,18,20). The van der Waals surface area contributed by atoms with Crippen LogP contribution in [0.1, 0.15) is 25.3 Å². The van der Waals surface area contributed by atoms with Gasteiger partial charge in [-0.05, 0) is 60.7 Å². The smallest absolute Gasteiger partial charge is 0.177 e. The Balaban J connectivity index is 1.60. The van der Waals surface area contributed by atoms with Crippen molar-refractivity contribution in [3.8, 4) is 11.3 Å². The molecule has 0 saturated heterocycles. The van der Waals surface area contributed by atoms with Crippen molar-refractivity contribution in [2.75, 3.05) is 0 Å². The molecule has 0 aliphatic heterocycles. The van der Waals surface area contributed by atoms with Gasteiger partial charge in [-0.25, -0.2) is 0 Å². The van der Waals surface area contributed by atoms with Crippen LogP contribution >= 0.6 is 12.2 Å². The Morgan fingerprint density at radius 2 is 1.75 bits per heavy atom. The van der Waals surface area contributed by atoms with E-state index in [1.54, 1.807) is 0 Å². The van der Waals surface area contributed by atoms with Gasteiger partial charge in [-0.1, -0.05) is 30.3 Å². The molecular weight excluding hydrogens is 264 g/mol. The van der Waals surface area contributed by atoms with Gasteiger partial charge < -0.3 is 9.55 Å². The molecule has 20 heavy (non-hydrogen) atoms. The fourth-order valence-electron chi connectivity index (χ4n) is 5.13. The summed E-state index contributed by atoms with van der Waals surface area (Å²) < 4.78 is 3.33. The fraction of sp³-hybridized carbons (Fsp3) is 0.471. The minimum absolute atomic E-state index is 0.676. The maximum atomic E-state index is 5.57. The highest BCUT2D eigenvalue weighted by atomic mass is 32.1. The number of hydrogen-bond donors (Lipinski definition) is 1. The summed E-state index contributed by atoms with van der Waals surface area (Å²) in [6.45, 7) is 0. The van der Waals surface area contributed by atoms with Crippen LogP contribution in [0.25, 0.3) is 11.3 Å². The summed E-state index contributed by atoms with van der Waals surface area (Å²) in [7, 11) is 0. The van der Waals surface area contributed by atoms with Gasteiger partial charge in [0.2, 0.25) is 0 Å². The molecule has 5 rings (SSSR count). The Hall–Kier alpha value is -1.35. The van der Waals surface area contributed by atoms with Crippen LogP contribution in [0.15, 0.2) is 36.5 Å². The maximum absolute atomic E-state index is 5.57. The first kappa shape index (κ1) is 11.3. The third-order valence-electron chi connectivity index (χ3n) is 5.87. The fourth-order valence-corrected chi connectivity index (χ4v) is 5.41. The first-order valence-electron chi connectivity index (χ1n) is 7.70. The maximum Gasteiger partial charge on any atom is 0.177 e. The molecular formula is C17H18N2S. The highest BCUT2D eigenvalue weighted by Gasteiger charge is 2.66. The summed E-state index contributed by atoms with van der Waals surface area (Å²) in [4.78, 5) is 3.27. The van der Waals surface area contributed by atoms with Crippen LogP contribution < -0.4 is 0 Å². The Morgan fingerprint density at radius 3 is 2.45 bits per heavy atom. The summed E-state index contributed by atoms with van der Waals surface area (Å²) in [5, 5.41) is 0. The summed E-state index contributed by atoms with van der Waals surface area (Å²) in [6.07, 6.45) is 6.50. The second kappa shape index (κ2) is 3.85. The van der Waals surface area contributed by atoms with E-state index in [0.717, 1.165) is 28.4 Å². The summed E-state index contributed by atoms with van der Waals surface area (Å²) in [5.74, 6) is 3.79. The molecule has 102 valence electrons. The highest BCUT2D eigenvalue weighted by Crippen LogP contribution is 2.71. The van der Waals surface area contributed by atoms with Crippen molar-refractivity contribution in [3.63, 3.8) is 0 Å². The van der Waals surface area contributed by atoms with Gasteiger partial charge in [0.25, 0.3) is 0 Å². The molecule has 4 unspecified atom stereocenters. The zero-order valence-corrected chi connectivity index (χ0v) is 12.1. The van der Waals surface area contributed by atoms with Gasteiger partial charge in [-0.15, -0.1) is 0 Å². The van der Waals surface area contributed by atoms with Gasteiger partial charge in [-0.3, -0.25) is 0 Å². The Morgan fingerprint density at radius 1 is 1.05 bits per heavy atom. The number of H-pyrrole nitrogens is 1. The van der Waals surface area contributed by atoms with Crippen molar-refractivity contribution in [2.45, 2.75) is 25.3 Å². The number of hydrogen-bond acceptors (Lipinski definition) is 1. The van der Waals surface area contributed by atoms with E-state index in [1.165, 1.54) is 30.5 Å². The van der Waals surface area contributed by atoms with Crippen LogP contribution in [0.5, 0.6) is 0 Å². The number of fused-ring (bicyclic) bond motifs is 5. The van der Waals surface area contributed by atoms with Gasteiger partial charge in [0.05, 0.1) is 5.69 Å². The number of rotatable bonds is 2. The monoisotopic (exact) mass is 282 g/mol. The average Bonchev–Trinajstić information content (AvgIpc) is 2.83. The van der Waals surface area contributed by atoms with Crippen LogP contribution in [-0.4, -0.2) is 9.55 Å². The topological polar surface area (TPSA) is 20.7 Å². The number of aromatic nitrogens is 2. The summed E-state index contributed by atoms with van der Waals surface area (Å²) >= 11 is 5.57. The van der Waals surface area contributed by atoms with Crippen molar-refractivity contribution in [3.05, 3.63) is 41.3 Å². The van der Waals surface area contributed by atoms with Crippen molar-refractivity contribution in [2.24, 2.45) is 23.7 Å². The lowest BCUT2D eigenvalue weighted by atomic mass is 10.0. The molecule has 2 nitrogen and oxygen atoms in total. The van der Waals surface area contributed by atoms with Gasteiger partial charge in [0.15, 0.2) is 4.77 Å². The van der Waals surface area contributed by atoms with Crippen LogP contribution in [0.2, 0.25) is 0 Å². The van der Waals surface area contributed by atoms with Crippen molar-refractivity contribution < 1.29 is 0 Å². The molecule has 1 aromatic carbocycles. The van der Waals surface area contributed by atoms with Crippen LogP contribution in [0.3, 0.4) is 0 Å². The molecule has 3 saturated carbocycles. The number of nitrogens with zero attached hydrogens (tertiary/aromatic N) is 1. The molecule has 3 fully saturated rings. The third kappa shape index (κ3) is 1.37. The van der Waals surface area contributed by atoms with Gasteiger partial charge in [0, 0.05) is 12.2 Å². The first-order chi connectivity index (χ1) is 9.84. The minimum Gasteiger partial charge on any atom is -0.337 e. The second-order valence-corrected chi connectivity index (χ2v) is 7.08. The number of imidazole rings is 1. The second-order valence-electron chi connectivity index (χ2n) is 6.69. The first-order valence-corrected chi connectivity index (χ1v) is 8.11. The number of aromatic amines is 1. The van der Waals surface area contributed by atoms with E-state index < -0.39 is 0 Å². The molecule has 3 heteroatoms. The van der Waals surface area contributed by atoms with Gasteiger partial charge in [0.1, 0.15) is 0 Å². The van der Waals surface area contributed by atoms with Crippen LogP contribution in [-0.2, 0) is 0 Å². The molecule has 3 aliphatic carbocycles. The number of benzene rings is 1. The molecule has 1 N–H and O–H groups in total. The van der Waals surface area contributed by atoms with E-state index in [9.17, 15) is 0 Å². The van der Waals surface area contributed by atoms with Crippen molar-refractivity contribution in [1.29, 1.82) is 0 Å². The Kier molecular flexibility index (Phi) is 2.18. The van der Waals surface area contributed by atoms with Crippen LogP contribution in [0, 0.1) is 28.4 Å². The molecule has 4 atom stereocenters. The lowest BCUT2D eigenvalue weighted by Crippen LogP contribution is -2.06.